The number of hydrogen-bond acceptors (Lipinski definition) is 2. The van der Waals surface area contributed by atoms with E-state index in [2.05, 4.69) is 4.98 Å². The first-order valence-electron chi connectivity index (χ1n) is 5.51. The molecule has 0 bridgehead atoms. The lowest BCUT2D eigenvalue weighted by molar-refractivity contribution is -0.147. The van der Waals surface area contributed by atoms with E-state index < -0.39 is 23.3 Å². The van der Waals surface area contributed by atoms with Gasteiger partial charge in [0.1, 0.15) is 0 Å². The molecule has 0 amide bonds. The minimum atomic E-state index is -4.55. The molecule has 0 aliphatic rings. The molecule has 1 heterocycles. The number of rotatable bonds is 2. The number of alkyl halides is 3. The Balaban J connectivity index is 2.77. The van der Waals surface area contributed by atoms with Crippen LogP contribution in [-0.4, -0.2) is 14.8 Å². The van der Waals surface area contributed by atoms with Gasteiger partial charge in [-0.15, -0.1) is 0 Å². The Bertz CT molecular complexity index is 646. The standard InChI is InChI=1S/C12H10ClF3N2O/c1-6(2)18-9-4-3-7(10(13)19)5-8(9)17-11(18)12(14,15)16/h3-6H,1-2H3. The van der Waals surface area contributed by atoms with Gasteiger partial charge in [0.05, 0.1) is 11.0 Å². The highest BCUT2D eigenvalue weighted by Crippen LogP contribution is 2.33. The van der Waals surface area contributed by atoms with Crippen LogP contribution in [0.4, 0.5) is 13.2 Å². The van der Waals surface area contributed by atoms with Crippen molar-refractivity contribution in [2.24, 2.45) is 0 Å². The topological polar surface area (TPSA) is 34.9 Å². The van der Waals surface area contributed by atoms with E-state index in [0.29, 0.717) is 5.52 Å². The Morgan fingerprint density at radius 2 is 2.00 bits per heavy atom. The Kier molecular flexibility index (Phi) is 3.30. The fraction of sp³-hybridized carbons (Fsp3) is 0.333. The molecular formula is C12H10ClF3N2O. The lowest BCUT2D eigenvalue weighted by Gasteiger charge is -2.14. The third-order valence-electron chi connectivity index (χ3n) is 2.69. The second kappa shape index (κ2) is 4.52. The molecule has 0 N–H and O–H groups in total. The SMILES string of the molecule is CC(C)n1c(C(F)(F)F)nc2cc(C(=O)Cl)ccc21. The monoisotopic (exact) mass is 290 g/mol. The first-order chi connectivity index (χ1) is 8.71. The molecule has 1 aromatic heterocycles. The molecule has 0 aliphatic heterocycles. The maximum Gasteiger partial charge on any atom is 0.449 e. The second-order valence-corrected chi connectivity index (χ2v) is 4.72. The smallest absolute Gasteiger partial charge is 0.318 e. The molecule has 0 fully saturated rings. The number of nitrogens with zero attached hydrogens (tertiary/aromatic N) is 2. The third-order valence-corrected chi connectivity index (χ3v) is 2.90. The van der Waals surface area contributed by atoms with E-state index in [1.165, 1.54) is 18.2 Å². The molecule has 7 heteroatoms. The summed E-state index contributed by atoms with van der Waals surface area (Å²) in [6, 6.07) is 3.67. The molecule has 0 spiro atoms. The van der Waals surface area contributed by atoms with Crippen LogP contribution < -0.4 is 0 Å². The van der Waals surface area contributed by atoms with Crippen molar-refractivity contribution in [1.29, 1.82) is 0 Å². The quantitative estimate of drug-likeness (QED) is 0.783. The molecular weight excluding hydrogens is 281 g/mol. The minimum Gasteiger partial charge on any atom is -0.318 e. The molecule has 0 aliphatic carbocycles. The van der Waals surface area contributed by atoms with Gasteiger partial charge >= 0.3 is 6.18 Å². The zero-order chi connectivity index (χ0) is 14.4. The van der Waals surface area contributed by atoms with E-state index in [1.54, 1.807) is 13.8 Å². The highest BCUT2D eigenvalue weighted by molar-refractivity contribution is 6.67. The van der Waals surface area contributed by atoms with Crippen molar-refractivity contribution in [2.45, 2.75) is 26.1 Å². The van der Waals surface area contributed by atoms with Crippen LogP contribution in [-0.2, 0) is 6.18 Å². The highest BCUT2D eigenvalue weighted by Gasteiger charge is 2.38. The number of benzene rings is 1. The maximum absolute atomic E-state index is 12.9. The summed E-state index contributed by atoms with van der Waals surface area (Å²) in [5, 5.41) is -0.727. The van der Waals surface area contributed by atoms with E-state index in [4.69, 9.17) is 11.6 Å². The molecule has 3 nitrogen and oxygen atoms in total. The van der Waals surface area contributed by atoms with Crippen LogP contribution in [0.1, 0.15) is 36.1 Å². The van der Waals surface area contributed by atoms with E-state index >= 15 is 0 Å². The Morgan fingerprint density at radius 3 is 2.47 bits per heavy atom. The predicted octanol–water partition coefficient (Wildman–Crippen LogP) is 4.02. The molecule has 0 saturated heterocycles. The molecule has 2 aromatic rings. The van der Waals surface area contributed by atoms with Crippen LogP contribution in [0.3, 0.4) is 0 Å². The zero-order valence-electron chi connectivity index (χ0n) is 10.1. The normalized spacial score (nSPS) is 12.4. The van der Waals surface area contributed by atoms with Crippen LogP contribution in [0.2, 0.25) is 0 Å². The minimum absolute atomic E-state index is 0.104. The van der Waals surface area contributed by atoms with Gasteiger partial charge < -0.3 is 4.57 Å². The number of imidazole rings is 1. The van der Waals surface area contributed by atoms with Crippen LogP contribution in [0, 0.1) is 0 Å². The average Bonchev–Trinajstić information content (AvgIpc) is 2.66. The number of hydrogen-bond donors (Lipinski definition) is 0. The molecule has 19 heavy (non-hydrogen) atoms. The largest absolute Gasteiger partial charge is 0.449 e. The molecule has 0 unspecified atom stereocenters. The fourth-order valence-corrected chi connectivity index (χ4v) is 2.06. The van der Waals surface area contributed by atoms with E-state index in [1.807, 2.05) is 0 Å². The summed E-state index contributed by atoms with van der Waals surface area (Å²) in [5.41, 5.74) is 0.549. The summed E-state index contributed by atoms with van der Waals surface area (Å²) < 4.78 is 39.9. The molecule has 0 saturated carbocycles. The Morgan fingerprint density at radius 1 is 1.37 bits per heavy atom. The van der Waals surface area contributed by atoms with Crippen molar-refractivity contribution in [3.05, 3.63) is 29.6 Å². The van der Waals surface area contributed by atoms with Gasteiger partial charge in [-0.05, 0) is 43.6 Å². The average molecular weight is 291 g/mol. The first kappa shape index (κ1) is 13.9. The summed E-state index contributed by atoms with van der Waals surface area (Å²) in [6.07, 6.45) is -4.55. The van der Waals surface area contributed by atoms with Crippen LogP contribution >= 0.6 is 11.6 Å². The lowest BCUT2D eigenvalue weighted by atomic mass is 10.2. The Hall–Kier alpha value is -1.56. The van der Waals surface area contributed by atoms with E-state index in [0.717, 1.165) is 4.57 Å². The maximum atomic E-state index is 12.9. The number of aromatic nitrogens is 2. The van der Waals surface area contributed by atoms with E-state index in [9.17, 15) is 18.0 Å². The van der Waals surface area contributed by atoms with Crippen molar-refractivity contribution in [3.63, 3.8) is 0 Å². The van der Waals surface area contributed by atoms with Crippen molar-refractivity contribution in [3.8, 4) is 0 Å². The fourth-order valence-electron chi connectivity index (χ4n) is 1.94. The molecule has 102 valence electrons. The first-order valence-corrected chi connectivity index (χ1v) is 5.88. The van der Waals surface area contributed by atoms with Crippen molar-refractivity contribution >= 4 is 27.9 Å². The summed E-state index contributed by atoms with van der Waals surface area (Å²) in [4.78, 5) is 14.6. The zero-order valence-corrected chi connectivity index (χ0v) is 10.9. The van der Waals surface area contributed by atoms with Gasteiger partial charge in [0, 0.05) is 11.6 Å². The highest BCUT2D eigenvalue weighted by atomic mass is 35.5. The number of fused-ring (bicyclic) bond motifs is 1. The van der Waals surface area contributed by atoms with Gasteiger partial charge in [-0.1, -0.05) is 0 Å². The third kappa shape index (κ3) is 2.45. The summed E-state index contributed by atoms with van der Waals surface area (Å²) in [6.45, 7) is 3.27. The molecule has 0 atom stereocenters. The molecule has 2 rings (SSSR count). The van der Waals surface area contributed by atoms with Crippen LogP contribution in [0.15, 0.2) is 18.2 Å². The van der Waals surface area contributed by atoms with Gasteiger partial charge in [-0.25, -0.2) is 4.98 Å². The molecule has 0 radical (unpaired) electrons. The summed E-state index contributed by atoms with van der Waals surface area (Å²) in [5.74, 6) is -0.975. The van der Waals surface area contributed by atoms with Gasteiger partial charge in [-0.2, -0.15) is 13.2 Å². The predicted molar refractivity (Wildman–Crippen MR) is 65.3 cm³/mol. The van der Waals surface area contributed by atoms with Crippen LogP contribution in [0.5, 0.6) is 0 Å². The van der Waals surface area contributed by atoms with Gasteiger partial charge in [0.25, 0.3) is 5.24 Å². The summed E-state index contributed by atoms with van der Waals surface area (Å²) in [7, 11) is 0. The number of halogens is 4. The van der Waals surface area contributed by atoms with Crippen LogP contribution in [0.25, 0.3) is 11.0 Å². The lowest BCUT2D eigenvalue weighted by Crippen LogP contribution is -2.16. The van der Waals surface area contributed by atoms with Gasteiger partial charge in [0.15, 0.2) is 0 Å². The Labute approximate surface area is 112 Å². The van der Waals surface area contributed by atoms with E-state index in [-0.39, 0.29) is 11.1 Å². The summed E-state index contributed by atoms with van der Waals surface area (Å²) >= 11 is 5.31. The second-order valence-electron chi connectivity index (χ2n) is 4.37. The number of carbonyl (C=O) groups excluding carboxylic acids is 1. The molecule has 1 aromatic carbocycles. The van der Waals surface area contributed by atoms with Crippen molar-refractivity contribution < 1.29 is 18.0 Å². The van der Waals surface area contributed by atoms with Gasteiger partial charge in [-0.3, -0.25) is 4.79 Å². The van der Waals surface area contributed by atoms with Crippen molar-refractivity contribution in [1.82, 2.24) is 9.55 Å². The van der Waals surface area contributed by atoms with Crippen molar-refractivity contribution in [2.75, 3.05) is 0 Å². The number of carbonyl (C=O) groups is 1. The van der Waals surface area contributed by atoms with Gasteiger partial charge in [0.2, 0.25) is 5.82 Å².